The Hall–Kier alpha value is -1.51. The standard InChI is InChI=1S/C14H22N2O/c1-4-11(5-2)13(14(15)17)16-12-8-6-7-10(3)9-12/h6-9,11,13,16H,4-5H2,1-3H3,(H2,15,17). The molecule has 0 bridgehead atoms. The number of amides is 1. The van der Waals surface area contributed by atoms with Crippen molar-refractivity contribution in [3.05, 3.63) is 29.8 Å². The van der Waals surface area contributed by atoms with Gasteiger partial charge in [0.1, 0.15) is 6.04 Å². The van der Waals surface area contributed by atoms with E-state index in [1.807, 2.05) is 31.2 Å². The van der Waals surface area contributed by atoms with E-state index in [0.29, 0.717) is 0 Å². The van der Waals surface area contributed by atoms with E-state index < -0.39 is 0 Å². The van der Waals surface area contributed by atoms with Crippen molar-refractivity contribution < 1.29 is 4.79 Å². The van der Waals surface area contributed by atoms with Crippen molar-refractivity contribution in [2.24, 2.45) is 11.7 Å². The van der Waals surface area contributed by atoms with Crippen molar-refractivity contribution in [2.75, 3.05) is 5.32 Å². The Labute approximate surface area is 103 Å². The number of nitrogens with two attached hydrogens (primary N) is 1. The summed E-state index contributed by atoms with van der Waals surface area (Å²) in [5.41, 5.74) is 7.60. The summed E-state index contributed by atoms with van der Waals surface area (Å²) in [6.45, 7) is 6.20. The second kappa shape index (κ2) is 6.28. The molecule has 0 aliphatic carbocycles. The molecule has 1 rings (SSSR count). The van der Waals surface area contributed by atoms with Gasteiger partial charge in [-0.05, 0) is 30.5 Å². The maximum Gasteiger partial charge on any atom is 0.240 e. The van der Waals surface area contributed by atoms with Gasteiger partial charge in [-0.25, -0.2) is 0 Å². The first kappa shape index (κ1) is 13.6. The number of carbonyl (C=O) groups excluding carboxylic acids is 1. The second-order valence-electron chi connectivity index (χ2n) is 4.47. The number of aryl methyl sites for hydroxylation is 1. The minimum Gasteiger partial charge on any atom is -0.373 e. The number of hydrogen-bond donors (Lipinski definition) is 2. The van der Waals surface area contributed by atoms with Gasteiger partial charge in [0.15, 0.2) is 0 Å². The quantitative estimate of drug-likeness (QED) is 0.795. The molecule has 3 heteroatoms. The molecule has 0 spiro atoms. The lowest BCUT2D eigenvalue weighted by atomic mass is 9.93. The summed E-state index contributed by atoms with van der Waals surface area (Å²) in [5, 5.41) is 3.25. The summed E-state index contributed by atoms with van der Waals surface area (Å²) in [5.74, 6) is 0.00761. The van der Waals surface area contributed by atoms with E-state index in [-0.39, 0.29) is 17.9 Å². The smallest absolute Gasteiger partial charge is 0.240 e. The number of anilines is 1. The number of rotatable bonds is 6. The average molecular weight is 234 g/mol. The third-order valence-corrected chi connectivity index (χ3v) is 3.17. The highest BCUT2D eigenvalue weighted by molar-refractivity contribution is 5.83. The van der Waals surface area contributed by atoms with Gasteiger partial charge < -0.3 is 11.1 Å². The van der Waals surface area contributed by atoms with Gasteiger partial charge >= 0.3 is 0 Å². The highest BCUT2D eigenvalue weighted by atomic mass is 16.1. The molecule has 0 saturated heterocycles. The number of hydrogen-bond acceptors (Lipinski definition) is 2. The summed E-state index contributed by atoms with van der Waals surface area (Å²) < 4.78 is 0. The zero-order valence-corrected chi connectivity index (χ0v) is 10.9. The number of benzene rings is 1. The molecule has 0 aliphatic rings. The van der Waals surface area contributed by atoms with Gasteiger partial charge in [0.25, 0.3) is 0 Å². The molecule has 1 aromatic rings. The number of nitrogens with one attached hydrogen (secondary N) is 1. The normalized spacial score (nSPS) is 12.5. The molecular formula is C14H22N2O. The minimum atomic E-state index is -0.285. The predicted octanol–water partition coefficient (Wildman–Crippen LogP) is 2.70. The van der Waals surface area contributed by atoms with E-state index in [0.717, 1.165) is 18.5 Å². The van der Waals surface area contributed by atoms with E-state index in [1.165, 1.54) is 5.56 Å². The highest BCUT2D eigenvalue weighted by Gasteiger charge is 2.23. The lowest BCUT2D eigenvalue weighted by Crippen LogP contribution is -2.41. The lowest BCUT2D eigenvalue weighted by Gasteiger charge is -2.24. The van der Waals surface area contributed by atoms with E-state index in [4.69, 9.17) is 5.73 Å². The van der Waals surface area contributed by atoms with Crippen LogP contribution in [-0.2, 0) is 4.79 Å². The molecule has 0 saturated carbocycles. The van der Waals surface area contributed by atoms with Crippen LogP contribution in [0.3, 0.4) is 0 Å². The van der Waals surface area contributed by atoms with Crippen molar-refractivity contribution >= 4 is 11.6 Å². The van der Waals surface area contributed by atoms with Crippen molar-refractivity contribution in [3.8, 4) is 0 Å². The predicted molar refractivity (Wildman–Crippen MR) is 71.9 cm³/mol. The third-order valence-electron chi connectivity index (χ3n) is 3.17. The van der Waals surface area contributed by atoms with Crippen LogP contribution in [0.1, 0.15) is 32.3 Å². The van der Waals surface area contributed by atoms with E-state index in [1.54, 1.807) is 0 Å². The van der Waals surface area contributed by atoms with Crippen molar-refractivity contribution in [1.29, 1.82) is 0 Å². The van der Waals surface area contributed by atoms with Gasteiger partial charge in [0.05, 0.1) is 0 Å². The molecule has 1 amide bonds. The molecule has 1 atom stereocenters. The summed E-state index contributed by atoms with van der Waals surface area (Å²) >= 11 is 0. The fraction of sp³-hybridized carbons (Fsp3) is 0.500. The van der Waals surface area contributed by atoms with Gasteiger partial charge in [0.2, 0.25) is 5.91 Å². The summed E-state index contributed by atoms with van der Waals surface area (Å²) in [6, 6.07) is 7.71. The van der Waals surface area contributed by atoms with E-state index >= 15 is 0 Å². The number of carbonyl (C=O) groups is 1. The molecule has 1 aromatic carbocycles. The maximum absolute atomic E-state index is 11.5. The van der Waals surface area contributed by atoms with E-state index in [9.17, 15) is 4.79 Å². The molecule has 0 aromatic heterocycles. The summed E-state index contributed by atoms with van der Waals surface area (Å²) in [7, 11) is 0. The Morgan fingerprint density at radius 3 is 2.47 bits per heavy atom. The van der Waals surface area contributed by atoms with Crippen molar-refractivity contribution in [2.45, 2.75) is 39.7 Å². The molecule has 0 aliphatic heterocycles. The van der Waals surface area contributed by atoms with Gasteiger partial charge in [-0.2, -0.15) is 0 Å². The van der Waals surface area contributed by atoms with Crippen molar-refractivity contribution in [3.63, 3.8) is 0 Å². The van der Waals surface area contributed by atoms with Gasteiger partial charge in [-0.1, -0.05) is 38.8 Å². The first-order chi connectivity index (χ1) is 8.08. The third kappa shape index (κ3) is 3.77. The van der Waals surface area contributed by atoms with Crippen LogP contribution in [0.25, 0.3) is 0 Å². The van der Waals surface area contributed by atoms with Crippen LogP contribution < -0.4 is 11.1 Å². The molecule has 94 valence electrons. The van der Waals surface area contributed by atoms with Crippen LogP contribution in [-0.4, -0.2) is 11.9 Å². The van der Waals surface area contributed by atoms with Crippen LogP contribution in [0.15, 0.2) is 24.3 Å². The highest BCUT2D eigenvalue weighted by Crippen LogP contribution is 2.19. The van der Waals surface area contributed by atoms with Gasteiger partial charge in [-0.3, -0.25) is 4.79 Å². The molecule has 0 fully saturated rings. The Morgan fingerprint density at radius 2 is 2.00 bits per heavy atom. The summed E-state index contributed by atoms with van der Waals surface area (Å²) in [4.78, 5) is 11.5. The van der Waals surface area contributed by atoms with Gasteiger partial charge in [-0.15, -0.1) is 0 Å². The monoisotopic (exact) mass is 234 g/mol. The van der Waals surface area contributed by atoms with Crippen LogP contribution in [0.2, 0.25) is 0 Å². The van der Waals surface area contributed by atoms with Crippen LogP contribution in [0.5, 0.6) is 0 Å². The Morgan fingerprint density at radius 1 is 1.35 bits per heavy atom. The molecule has 1 unspecified atom stereocenters. The van der Waals surface area contributed by atoms with Crippen LogP contribution in [0, 0.1) is 12.8 Å². The molecule has 17 heavy (non-hydrogen) atoms. The topological polar surface area (TPSA) is 55.1 Å². The molecule has 3 N–H and O–H groups in total. The zero-order valence-electron chi connectivity index (χ0n) is 10.9. The SMILES string of the molecule is CCC(CC)C(Nc1cccc(C)c1)C(N)=O. The molecule has 3 nitrogen and oxygen atoms in total. The molecular weight excluding hydrogens is 212 g/mol. The second-order valence-corrected chi connectivity index (χ2v) is 4.47. The zero-order chi connectivity index (χ0) is 12.8. The van der Waals surface area contributed by atoms with Crippen LogP contribution in [0.4, 0.5) is 5.69 Å². The minimum absolute atomic E-state index is 0.278. The van der Waals surface area contributed by atoms with Crippen LogP contribution >= 0.6 is 0 Å². The lowest BCUT2D eigenvalue weighted by molar-refractivity contribution is -0.119. The average Bonchev–Trinajstić information content (AvgIpc) is 2.29. The first-order valence-electron chi connectivity index (χ1n) is 6.21. The Balaban J connectivity index is 2.83. The van der Waals surface area contributed by atoms with Gasteiger partial charge in [0, 0.05) is 5.69 Å². The Kier molecular flexibility index (Phi) is 5.01. The Bertz CT molecular complexity index is 372. The maximum atomic E-state index is 11.5. The fourth-order valence-electron chi connectivity index (χ4n) is 2.10. The molecule has 0 heterocycles. The van der Waals surface area contributed by atoms with Crippen molar-refractivity contribution in [1.82, 2.24) is 0 Å². The largest absolute Gasteiger partial charge is 0.373 e. The molecule has 0 radical (unpaired) electrons. The fourth-order valence-corrected chi connectivity index (χ4v) is 2.10. The summed E-state index contributed by atoms with van der Waals surface area (Å²) in [6.07, 6.45) is 1.89. The van der Waals surface area contributed by atoms with E-state index in [2.05, 4.69) is 19.2 Å². The first-order valence-corrected chi connectivity index (χ1v) is 6.21. The number of primary amides is 1.